The van der Waals surface area contributed by atoms with Crippen LogP contribution in [0.4, 0.5) is 5.69 Å². The van der Waals surface area contributed by atoms with Gasteiger partial charge in [-0.2, -0.15) is 5.26 Å². The minimum absolute atomic E-state index is 0.236. The summed E-state index contributed by atoms with van der Waals surface area (Å²) in [5, 5.41) is 12.0. The maximum atomic E-state index is 8.78. The van der Waals surface area contributed by atoms with E-state index in [1.54, 1.807) is 19.2 Å². The monoisotopic (exact) mass is 234 g/mol. The maximum Gasteiger partial charge on any atom is 0.143 e. The van der Waals surface area contributed by atoms with E-state index >= 15 is 0 Å². The summed E-state index contributed by atoms with van der Waals surface area (Å²) in [6.07, 6.45) is 0.236. The highest BCUT2D eigenvalue weighted by Crippen LogP contribution is 2.24. The lowest BCUT2D eigenvalue weighted by Crippen LogP contribution is -2.13. The van der Waals surface area contributed by atoms with E-state index in [0.29, 0.717) is 24.5 Å². The number of nitriles is 1. The number of hydrogen-bond donors (Lipinski definition) is 1. The molecule has 0 aliphatic carbocycles. The van der Waals surface area contributed by atoms with Gasteiger partial charge in [-0.1, -0.05) is 0 Å². The van der Waals surface area contributed by atoms with Gasteiger partial charge in [0.2, 0.25) is 0 Å². The van der Waals surface area contributed by atoms with Crippen LogP contribution in [0.3, 0.4) is 0 Å². The molecule has 1 N–H and O–H groups in total. The van der Waals surface area contributed by atoms with Crippen LogP contribution in [0.25, 0.3) is 0 Å². The standard InChI is InChI=1S/C13H18N2O2/c1-10(2)17-7-6-15-12-5-4-11(9-14)8-13(12)16-3/h4-5,8,10,15H,6-7H2,1-3H3. The quantitative estimate of drug-likeness (QED) is 0.768. The molecule has 17 heavy (non-hydrogen) atoms. The highest BCUT2D eigenvalue weighted by molar-refractivity contribution is 5.59. The van der Waals surface area contributed by atoms with Crippen molar-refractivity contribution in [2.75, 3.05) is 25.6 Å². The van der Waals surface area contributed by atoms with E-state index in [1.165, 1.54) is 0 Å². The third kappa shape index (κ3) is 4.33. The van der Waals surface area contributed by atoms with Crippen LogP contribution in [-0.4, -0.2) is 26.4 Å². The van der Waals surface area contributed by atoms with Crippen molar-refractivity contribution in [1.29, 1.82) is 5.26 Å². The van der Waals surface area contributed by atoms with E-state index in [0.717, 1.165) is 5.69 Å². The second-order valence-electron chi connectivity index (χ2n) is 3.87. The zero-order valence-electron chi connectivity index (χ0n) is 10.5. The van der Waals surface area contributed by atoms with Crippen molar-refractivity contribution in [3.63, 3.8) is 0 Å². The fraction of sp³-hybridized carbons (Fsp3) is 0.462. The Morgan fingerprint density at radius 1 is 1.41 bits per heavy atom. The summed E-state index contributed by atoms with van der Waals surface area (Å²) in [4.78, 5) is 0. The molecule has 92 valence electrons. The van der Waals surface area contributed by atoms with Gasteiger partial charge in [-0.05, 0) is 26.0 Å². The first-order valence-corrected chi connectivity index (χ1v) is 5.61. The molecule has 4 heteroatoms. The molecule has 4 nitrogen and oxygen atoms in total. The first kappa shape index (κ1) is 13.3. The Bertz CT molecular complexity index is 397. The summed E-state index contributed by atoms with van der Waals surface area (Å²) in [6, 6.07) is 7.39. The Hall–Kier alpha value is -1.73. The Labute approximate surface area is 102 Å². The molecule has 0 saturated carbocycles. The Morgan fingerprint density at radius 3 is 2.76 bits per heavy atom. The van der Waals surface area contributed by atoms with E-state index in [-0.39, 0.29) is 6.10 Å². The van der Waals surface area contributed by atoms with Crippen molar-refractivity contribution in [1.82, 2.24) is 0 Å². The molecule has 0 spiro atoms. The van der Waals surface area contributed by atoms with E-state index in [4.69, 9.17) is 14.7 Å². The molecule has 1 rings (SSSR count). The molecule has 0 atom stereocenters. The number of benzene rings is 1. The van der Waals surface area contributed by atoms with E-state index in [2.05, 4.69) is 11.4 Å². The molecular weight excluding hydrogens is 216 g/mol. The molecule has 1 aromatic carbocycles. The highest BCUT2D eigenvalue weighted by Gasteiger charge is 2.03. The van der Waals surface area contributed by atoms with Gasteiger partial charge in [0.1, 0.15) is 5.75 Å². The van der Waals surface area contributed by atoms with E-state index < -0.39 is 0 Å². The van der Waals surface area contributed by atoms with E-state index in [9.17, 15) is 0 Å². The van der Waals surface area contributed by atoms with Gasteiger partial charge < -0.3 is 14.8 Å². The zero-order valence-corrected chi connectivity index (χ0v) is 10.5. The molecule has 0 heterocycles. The van der Waals surface area contributed by atoms with Crippen molar-refractivity contribution in [2.45, 2.75) is 20.0 Å². The number of ether oxygens (including phenoxy) is 2. The topological polar surface area (TPSA) is 54.3 Å². The van der Waals surface area contributed by atoms with Crippen LogP contribution in [0, 0.1) is 11.3 Å². The van der Waals surface area contributed by atoms with Crippen molar-refractivity contribution in [3.8, 4) is 11.8 Å². The SMILES string of the molecule is COc1cc(C#N)ccc1NCCOC(C)C. The normalized spacial score (nSPS) is 10.1. The van der Waals surface area contributed by atoms with Gasteiger partial charge in [0.15, 0.2) is 0 Å². The lowest BCUT2D eigenvalue weighted by atomic mass is 10.2. The Kier molecular flexibility index (Phi) is 5.31. The fourth-order valence-electron chi connectivity index (χ4n) is 1.39. The molecule has 0 aliphatic rings. The smallest absolute Gasteiger partial charge is 0.143 e. The summed E-state index contributed by atoms with van der Waals surface area (Å²) >= 11 is 0. The number of hydrogen-bond acceptors (Lipinski definition) is 4. The maximum absolute atomic E-state index is 8.78. The molecule has 1 aromatic rings. The van der Waals surface area contributed by atoms with Gasteiger partial charge in [-0.3, -0.25) is 0 Å². The number of methoxy groups -OCH3 is 1. The van der Waals surface area contributed by atoms with Crippen molar-refractivity contribution in [2.24, 2.45) is 0 Å². The summed E-state index contributed by atoms with van der Waals surface area (Å²) in [6.45, 7) is 5.35. The average molecular weight is 234 g/mol. The molecule has 0 unspecified atom stereocenters. The Balaban J connectivity index is 2.56. The van der Waals surface area contributed by atoms with Crippen LogP contribution in [0.1, 0.15) is 19.4 Å². The average Bonchev–Trinajstić information content (AvgIpc) is 2.34. The van der Waals surface area contributed by atoms with Gasteiger partial charge in [-0.25, -0.2) is 0 Å². The minimum atomic E-state index is 0.236. The second-order valence-corrected chi connectivity index (χ2v) is 3.87. The lowest BCUT2D eigenvalue weighted by Gasteiger charge is -2.12. The van der Waals surface area contributed by atoms with Crippen molar-refractivity contribution >= 4 is 5.69 Å². The van der Waals surface area contributed by atoms with Crippen LogP contribution >= 0.6 is 0 Å². The molecular formula is C13H18N2O2. The predicted molar refractivity (Wildman–Crippen MR) is 67.3 cm³/mol. The number of rotatable bonds is 6. The predicted octanol–water partition coefficient (Wildman–Crippen LogP) is 2.40. The van der Waals surface area contributed by atoms with Crippen LogP contribution < -0.4 is 10.1 Å². The molecule has 0 aliphatic heterocycles. The highest BCUT2D eigenvalue weighted by atomic mass is 16.5. The Morgan fingerprint density at radius 2 is 2.18 bits per heavy atom. The van der Waals surface area contributed by atoms with Gasteiger partial charge in [0.25, 0.3) is 0 Å². The molecule has 0 bridgehead atoms. The molecule has 0 amide bonds. The summed E-state index contributed by atoms with van der Waals surface area (Å²) in [5.74, 6) is 0.675. The summed E-state index contributed by atoms with van der Waals surface area (Å²) in [5.41, 5.74) is 1.46. The van der Waals surface area contributed by atoms with Gasteiger partial charge in [0, 0.05) is 12.6 Å². The van der Waals surface area contributed by atoms with Gasteiger partial charge >= 0.3 is 0 Å². The molecule has 0 fully saturated rings. The third-order valence-corrected chi connectivity index (χ3v) is 2.20. The third-order valence-electron chi connectivity index (χ3n) is 2.20. The number of nitrogens with one attached hydrogen (secondary N) is 1. The first-order valence-electron chi connectivity index (χ1n) is 5.61. The van der Waals surface area contributed by atoms with Crippen LogP contribution in [0.2, 0.25) is 0 Å². The first-order chi connectivity index (χ1) is 8.17. The number of nitrogens with zero attached hydrogens (tertiary/aromatic N) is 1. The largest absolute Gasteiger partial charge is 0.495 e. The fourth-order valence-corrected chi connectivity index (χ4v) is 1.39. The molecule has 0 saturated heterocycles. The van der Waals surface area contributed by atoms with Crippen LogP contribution in [-0.2, 0) is 4.74 Å². The van der Waals surface area contributed by atoms with E-state index in [1.807, 2.05) is 19.9 Å². The molecule has 0 aromatic heterocycles. The summed E-state index contributed by atoms with van der Waals surface area (Å²) in [7, 11) is 1.59. The minimum Gasteiger partial charge on any atom is -0.495 e. The van der Waals surface area contributed by atoms with Gasteiger partial charge in [0.05, 0.1) is 37.1 Å². The van der Waals surface area contributed by atoms with Crippen LogP contribution in [0.5, 0.6) is 5.75 Å². The summed E-state index contributed by atoms with van der Waals surface area (Å²) < 4.78 is 10.6. The molecule has 0 radical (unpaired) electrons. The van der Waals surface area contributed by atoms with Crippen molar-refractivity contribution in [3.05, 3.63) is 23.8 Å². The lowest BCUT2D eigenvalue weighted by molar-refractivity contribution is 0.0870. The number of anilines is 1. The second kappa shape index (κ2) is 6.77. The van der Waals surface area contributed by atoms with Gasteiger partial charge in [-0.15, -0.1) is 0 Å². The van der Waals surface area contributed by atoms with Crippen molar-refractivity contribution < 1.29 is 9.47 Å². The van der Waals surface area contributed by atoms with Crippen LogP contribution in [0.15, 0.2) is 18.2 Å². The zero-order chi connectivity index (χ0) is 12.7.